The Labute approximate surface area is 187 Å². The number of aliphatic hydroxyl groups excluding tert-OH is 1. The van der Waals surface area contributed by atoms with Gasteiger partial charge in [0, 0.05) is 48.7 Å². The summed E-state index contributed by atoms with van der Waals surface area (Å²) in [6, 6.07) is 7.89. The van der Waals surface area contributed by atoms with Gasteiger partial charge < -0.3 is 15.7 Å². The van der Waals surface area contributed by atoms with E-state index in [9.17, 15) is 9.90 Å². The number of hydrogen-bond donors (Lipinski definition) is 3. The predicted molar refractivity (Wildman–Crippen MR) is 123 cm³/mol. The van der Waals surface area contributed by atoms with Crippen LogP contribution in [0.3, 0.4) is 0 Å². The molecule has 1 fully saturated rings. The number of anilines is 1. The Morgan fingerprint density at radius 3 is 2.72 bits per heavy atom. The van der Waals surface area contributed by atoms with Gasteiger partial charge in [-0.2, -0.15) is 5.26 Å². The Balaban J connectivity index is 1.61. The van der Waals surface area contributed by atoms with Crippen molar-refractivity contribution in [2.75, 3.05) is 11.9 Å². The van der Waals surface area contributed by atoms with E-state index < -0.39 is 0 Å². The molecule has 3 aromatic rings. The Morgan fingerprint density at radius 1 is 1.25 bits per heavy atom. The lowest BCUT2D eigenvalue weighted by Crippen LogP contribution is -2.38. The van der Waals surface area contributed by atoms with E-state index in [-0.39, 0.29) is 24.6 Å². The zero-order valence-corrected chi connectivity index (χ0v) is 18.4. The van der Waals surface area contributed by atoms with Gasteiger partial charge in [-0.05, 0) is 57.6 Å². The minimum absolute atomic E-state index is 0.115. The third-order valence-electron chi connectivity index (χ3n) is 5.92. The van der Waals surface area contributed by atoms with Crippen molar-refractivity contribution in [3.05, 3.63) is 47.9 Å². The van der Waals surface area contributed by atoms with Gasteiger partial charge in [0.25, 0.3) is 5.91 Å². The molecule has 8 heteroatoms. The minimum Gasteiger partial charge on any atom is -0.396 e. The lowest BCUT2D eigenvalue weighted by Gasteiger charge is -2.28. The normalized spacial score (nSPS) is 18.5. The summed E-state index contributed by atoms with van der Waals surface area (Å²) in [5.74, 6) is 0.839. The van der Waals surface area contributed by atoms with Crippen molar-refractivity contribution in [1.82, 2.24) is 19.9 Å². The summed E-state index contributed by atoms with van der Waals surface area (Å²) in [6.45, 7) is 4.26. The van der Waals surface area contributed by atoms with Gasteiger partial charge in [0.05, 0.1) is 16.8 Å². The largest absolute Gasteiger partial charge is 0.396 e. The zero-order chi connectivity index (χ0) is 22.7. The second-order valence-corrected chi connectivity index (χ2v) is 8.70. The smallest absolute Gasteiger partial charge is 0.255 e. The molecule has 3 heterocycles. The van der Waals surface area contributed by atoms with Crippen LogP contribution >= 0.6 is 0 Å². The summed E-state index contributed by atoms with van der Waals surface area (Å²) in [5.41, 5.74) is 2.42. The fourth-order valence-corrected chi connectivity index (χ4v) is 4.21. The van der Waals surface area contributed by atoms with E-state index in [0.717, 1.165) is 31.1 Å². The first kappa shape index (κ1) is 21.8. The number of nitriles is 1. The molecule has 8 nitrogen and oxygen atoms in total. The molecule has 166 valence electrons. The van der Waals surface area contributed by atoms with Crippen molar-refractivity contribution in [3.63, 3.8) is 0 Å². The Bertz CT molecular complexity index is 1150. The van der Waals surface area contributed by atoms with E-state index in [1.807, 2.05) is 36.7 Å². The number of amides is 1. The molecule has 0 aliphatic heterocycles. The molecule has 1 aliphatic rings. The predicted octanol–water partition coefficient (Wildman–Crippen LogP) is 3.39. The summed E-state index contributed by atoms with van der Waals surface area (Å²) < 4.78 is 1.85. The van der Waals surface area contributed by atoms with Crippen LogP contribution in [-0.4, -0.2) is 44.2 Å². The van der Waals surface area contributed by atoms with Crippen molar-refractivity contribution in [2.45, 2.75) is 51.6 Å². The minimum atomic E-state index is -0.145. The van der Waals surface area contributed by atoms with Crippen LogP contribution < -0.4 is 10.6 Å². The number of nitrogens with zero attached hydrogens (tertiary/aromatic N) is 4. The van der Waals surface area contributed by atoms with E-state index in [0.29, 0.717) is 34.2 Å². The van der Waals surface area contributed by atoms with Crippen molar-refractivity contribution in [3.8, 4) is 11.9 Å². The molecular weight excluding hydrogens is 404 g/mol. The van der Waals surface area contributed by atoms with Crippen molar-refractivity contribution < 1.29 is 9.90 Å². The molecule has 0 radical (unpaired) electrons. The Kier molecular flexibility index (Phi) is 6.37. The molecule has 3 N–H and O–H groups in total. The number of carbonyl (C=O) groups is 1. The van der Waals surface area contributed by atoms with Crippen molar-refractivity contribution >= 4 is 22.6 Å². The lowest BCUT2D eigenvalue weighted by atomic mass is 9.86. The molecule has 0 atom stereocenters. The molecule has 32 heavy (non-hydrogen) atoms. The summed E-state index contributed by atoms with van der Waals surface area (Å²) in [6.07, 6.45) is 8.61. The van der Waals surface area contributed by atoms with Gasteiger partial charge in [-0.15, -0.1) is 0 Å². The second-order valence-electron chi connectivity index (χ2n) is 8.70. The maximum atomic E-state index is 13.1. The second kappa shape index (κ2) is 9.37. The number of nitrogens with one attached hydrogen (secondary N) is 2. The van der Waals surface area contributed by atoms with E-state index in [1.54, 1.807) is 18.5 Å². The molecule has 0 spiro atoms. The van der Waals surface area contributed by atoms with Crippen LogP contribution in [0.1, 0.15) is 55.5 Å². The SMILES string of the molecule is CC(C)Nc1cc(-n2ccc3cc(C#N)cnc32)ncc1C(=O)NC1CCC(CO)CC1. The number of hydrogen-bond acceptors (Lipinski definition) is 6. The summed E-state index contributed by atoms with van der Waals surface area (Å²) in [4.78, 5) is 22.0. The van der Waals surface area contributed by atoms with Gasteiger partial charge in [0.15, 0.2) is 0 Å². The van der Waals surface area contributed by atoms with Gasteiger partial charge in [0.1, 0.15) is 17.5 Å². The molecule has 0 saturated heterocycles. The molecule has 1 aliphatic carbocycles. The molecule has 3 aromatic heterocycles. The lowest BCUT2D eigenvalue weighted by molar-refractivity contribution is 0.0914. The average molecular weight is 433 g/mol. The monoisotopic (exact) mass is 432 g/mol. The Morgan fingerprint density at radius 2 is 2.03 bits per heavy atom. The van der Waals surface area contributed by atoms with Crippen LogP contribution in [0.5, 0.6) is 0 Å². The molecule has 4 rings (SSSR count). The standard InChI is InChI=1S/C24H28N6O2/c1-15(2)28-21-10-22(30-8-7-18-9-17(11-25)12-27-23(18)30)26-13-20(21)24(32)29-19-5-3-16(14-31)4-6-19/h7-10,12-13,15-16,19,31H,3-6,14H2,1-2H3,(H,26,28)(H,29,32). The summed E-state index contributed by atoms with van der Waals surface area (Å²) in [5, 5.41) is 25.8. The van der Waals surface area contributed by atoms with E-state index >= 15 is 0 Å². The summed E-state index contributed by atoms with van der Waals surface area (Å²) in [7, 11) is 0. The maximum absolute atomic E-state index is 13.1. The fourth-order valence-electron chi connectivity index (χ4n) is 4.21. The Hall–Kier alpha value is -3.44. The molecular formula is C24H28N6O2. The highest BCUT2D eigenvalue weighted by molar-refractivity contribution is 5.99. The van der Waals surface area contributed by atoms with Crippen LogP contribution in [0, 0.1) is 17.2 Å². The molecule has 0 bridgehead atoms. The highest BCUT2D eigenvalue weighted by Gasteiger charge is 2.24. The number of fused-ring (bicyclic) bond motifs is 1. The van der Waals surface area contributed by atoms with Crippen LogP contribution in [0.15, 0.2) is 36.8 Å². The molecule has 0 unspecified atom stereocenters. The van der Waals surface area contributed by atoms with E-state index in [2.05, 4.69) is 26.7 Å². The highest BCUT2D eigenvalue weighted by atomic mass is 16.3. The zero-order valence-electron chi connectivity index (χ0n) is 18.4. The van der Waals surface area contributed by atoms with Crippen LogP contribution in [0.4, 0.5) is 5.69 Å². The third-order valence-corrected chi connectivity index (χ3v) is 5.92. The molecule has 0 aromatic carbocycles. The van der Waals surface area contributed by atoms with E-state index in [4.69, 9.17) is 5.26 Å². The first-order valence-corrected chi connectivity index (χ1v) is 11.0. The fraction of sp³-hybridized carbons (Fsp3) is 0.417. The van der Waals surface area contributed by atoms with E-state index in [1.165, 1.54) is 0 Å². The van der Waals surface area contributed by atoms with Gasteiger partial charge in [-0.1, -0.05) is 0 Å². The van der Waals surface area contributed by atoms with Crippen LogP contribution in [-0.2, 0) is 0 Å². The first-order valence-electron chi connectivity index (χ1n) is 11.0. The van der Waals surface area contributed by atoms with Gasteiger partial charge in [-0.3, -0.25) is 9.36 Å². The number of rotatable bonds is 6. The van der Waals surface area contributed by atoms with Gasteiger partial charge in [0.2, 0.25) is 0 Å². The topological polar surface area (TPSA) is 116 Å². The van der Waals surface area contributed by atoms with Gasteiger partial charge in [-0.25, -0.2) is 9.97 Å². The number of aliphatic hydroxyl groups is 1. The first-order chi connectivity index (χ1) is 15.5. The number of pyridine rings is 2. The molecule has 1 saturated carbocycles. The average Bonchev–Trinajstić information content (AvgIpc) is 3.22. The summed E-state index contributed by atoms with van der Waals surface area (Å²) >= 11 is 0. The molecule has 1 amide bonds. The highest BCUT2D eigenvalue weighted by Crippen LogP contribution is 2.26. The van der Waals surface area contributed by atoms with Crippen LogP contribution in [0.2, 0.25) is 0 Å². The van der Waals surface area contributed by atoms with Crippen molar-refractivity contribution in [1.29, 1.82) is 5.26 Å². The number of carbonyl (C=O) groups excluding carboxylic acids is 1. The van der Waals surface area contributed by atoms with Gasteiger partial charge >= 0.3 is 0 Å². The number of aromatic nitrogens is 3. The maximum Gasteiger partial charge on any atom is 0.255 e. The van der Waals surface area contributed by atoms with Crippen molar-refractivity contribution in [2.24, 2.45) is 5.92 Å². The van der Waals surface area contributed by atoms with Crippen LogP contribution in [0.25, 0.3) is 16.9 Å². The quantitative estimate of drug-likeness (QED) is 0.550. The third kappa shape index (κ3) is 4.58.